The lowest BCUT2D eigenvalue weighted by atomic mass is 10.0. The predicted octanol–water partition coefficient (Wildman–Crippen LogP) is 7.16. The maximum Gasteiger partial charge on any atom is 0.261 e. The van der Waals surface area contributed by atoms with Gasteiger partial charge in [0.05, 0.1) is 9.35 Å². The summed E-state index contributed by atoms with van der Waals surface area (Å²) >= 11 is 5.31. The Labute approximate surface area is 249 Å². The van der Waals surface area contributed by atoms with Crippen molar-refractivity contribution in [1.82, 2.24) is 15.5 Å². The first-order valence-electron chi connectivity index (χ1n) is 14.3. The fraction of sp³-hybridized carbons (Fsp3) is 0.364. The summed E-state index contributed by atoms with van der Waals surface area (Å²) in [5.74, 6) is 0.981. The summed E-state index contributed by atoms with van der Waals surface area (Å²) in [4.78, 5) is 16.4. The van der Waals surface area contributed by atoms with Crippen molar-refractivity contribution in [2.24, 2.45) is 0 Å². The molecule has 4 aromatic rings. The van der Waals surface area contributed by atoms with E-state index < -0.39 is 0 Å². The van der Waals surface area contributed by atoms with Crippen LogP contribution in [0.3, 0.4) is 0 Å². The molecule has 5 nitrogen and oxygen atoms in total. The molecule has 1 aromatic heterocycles. The Balaban J connectivity index is 1.01. The minimum absolute atomic E-state index is 0.0463. The van der Waals surface area contributed by atoms with E-state index in [1.807, 2.05) is 6.07 Å². The minimum atomic E-state index is 0.0463. The number of piperidine rings is 2. The van der Waals surface area contributed by atoms with Gasteiger partial charge in [-0.2, -0.15) is 0 Å². The highest BCUT2D eigenvalue weighted by Gasteiger charge is 2.23. The van der Waals surface area contributed by atoms with Crippen LogP contribution < -0.4 is 15.4 Å². The summed E-state index contributed by atoms with van der Waals surface area (Å²) in [5, 5.41) is 7.82. The Kier molecular flexibility index (Phi) is 8.54. The first kappa shape index (κ1) is 27.5. The number of carbonyl (C=O) groups is 1. The molecular formula is C33H36BrN3O2S. The minimum Gasteiger partial charge on any atom is -0.489 e. The van der Waals surface area contributed by atoms with E-state index in [4.69, 9.17) is 4.74 Å². The molecule has 208 valence electrons. The van der Waals surface area contributed by atoms with Gasteiger partial charge in [-0.05, 0) is 108 Å². The lowest BCUT2D eigenvalue weighted by molar-refractivity contribution is 0.0913. The van der Waals surface area contributed by atoms with Crippen molar-refractivity contribution < 1.29 is 9.53 Å². The number of benzene rings is 3. The van der Waals surface area contributed by atoms with E-state index >= 15 is 0 Å². The molecule has 6 rings (SSSR count). The molecule has 0 spiro atoms. The third kappa shape index (κ3) is 6.60. The molecule has 3 aromatic carbocycles. The normalized spacial score (nSPS) is 17.2. The van der Waals surface area contributed by atoms with Crippen LogP contribution in [0.1, 0.15) is 46.5 Å². The maximum atomic E-state index is 13.1. The molecule has 0 atom stereocenters. The number of thiophene rings is 1. The number of rotatable bonds is 7. The van der Waals surface area contributed by atoms with E-state index in [0.29, 0.717) is 6.10 Å². The number of aryl methyl sites for hydroxylation is 1. The van der Waals surface area contributed by atoms with Gasteiger partial charge in [0.2, 0.25) is 0 Å². The molecule has 2 aliphatic rings. The lowest BCUT2D eigenvalue weighted by Crippen LogP contribution is -2.44. The molecule has 0 unspecified atom stereocenters. The summed E-state index contributed by atoms with van der Waals surface area (Å²) in [5.41, 5.74) is 4.93. The molecule has 2 fully saturated rings. The standard InChI is InChI=1S/C33H36BrN3O2S/c1-22-3-2-4-24(17-22)25-6-7-26-20-32(40-31(26)19-25)33(38)36-27-11-15-37(16-12-27)21-23-5-8-30(29(34)18-23)39-28-9-13-35-14-10-28/h2-8,17-20,27-28,35H,9-16,21H2,1H3,(H,36,38). The number of fused-ring (bicyclic) bond motifs is 1. The van der Waals surface area contributed by atoms with Crippen molar-refractivity contribution >= 4 is 43.3 Å². The lowest BCUT2D eigenvalue weighted by Gasteiger charge is -2.32. The molecule has 2 saturated heterocycles. The molecule has 0 saturated carbocycles. The Hall–Kier alpha value is -2.71. The Morgan fingerprint density at radius 2 is 1.80 bits per heavy atom. The van der Waals surface area contributed by atoms with Crippen molar-refractivity contribution in [1.29, 1.82) is 0 Å². The quantitative estimate of drug-likeness (QED) is 0.231. The molecule has 40 heavy (non-hydrogen) atoms. The van der Waals surface area contributed by atoms with Crippen LogP contribution in [0, 0.1) is 6.92 Å². The molecule has 3 heterocycles. The number of halogens is 1. The summed E-state index contributed by atoms with van der Waals surface area (Å²) < 4.78 is 8.41. The monoisotopic (exact) mass is 617 g/mol. The van der Waals surface area contributed by atoms with Crippen LogP contribution in [0.25, 0.3) is 21.2 Å². The van der Waals surface area contributed by atoms with E-state index in [2.05, 4.69) is 99.1 Å². The van der Waals surface area contributed by atoms with Crippen LogP contribution in [0.5, 0.6) is 5.75 Å². The zero-order chi connectivity index (χ0) is 27.5. The van der Waals surface area contributed by atoms with E-state index in [-0.39, 0.29) is 11.9 Å². The number of hydrogen-bond donors (Lipinski definition) is 2. The SMILES string of the molecule is Cc1cccc(-c2ccc3cc(C(=O)NC4CCN(Cc5ccc(OC6CCNCC6)c(Br)c5)CC4)sc3c2)c1. The summed E-state index contributed by atoms with van der Waals surface area (Å²) in [7, 11) is 0. The third-order valence-electron chi connectivity index (χ3n) is 8.00. The molecule has 0 radical (unpaired) electrons. The van der Waals surface area contributed by atoms with Crippen LogP contribution in [0.2, 0.25) is 0 Å². The zero-order valence-corrected chi connectivity index (χ0v) is 25.3. The van der Waals surface area contributed by atoms with Gasteiger partial charge in [-0.25, -0.2) is 0 Å². The number of nitrogens with zero attached hydrogens (tertiary/aromatic N) is 1. The average Bonchev–Trinajstić information content (AvgIpc) is 3.40. The van der Waals surface area contributed by atoms with Crippen LogP contribution in [0.15, 0.2) is 71.2 Å². The molecule has 1 amide bonds. The second-order valence-corrected chi connectivity index (χ2v) is 13.0. The van der Waals surface area contributed by atoms with Gasteiger partial charge in [-0.3, -0.25) is 9.69 Å². The first-order chi connectivity index (χ1) is 19.5. The average molecular weight is 619 g/mol. The molecule has 0 aliphatic carbocycles. The van der Waals surface area contributed by atoms with E-state index in [9.17, 15) is 4.79 Å². The van der Waals surface area contributed by atoms with Crippen molar-refractivity contribution in [3.8, 4) is 16.9 Å². The number of likely N-dealkylation sites (tertiary alicyclic amines) is 1. The fourth-order valence-electron chi connectivity index (χ4n) is 5.73. The molecule has 2 N–H and O–H groups in total. The number of carbonyl (C=O) groups excluding carboxylic acids is 1. The van der Waals surface area contributed by atoms with Crippen molar-refractivity contribution in [2.75, 3.05) is 26.2 Å². The smallest absolute Gasteiger partial charge is 0.261 e. The van der Waals surface area contributed by atoms with E-state index in [1.165, 1.54) is 22.3 Å². The molecule has 0 bridgehead atoms. The van der Waals surface area contributed by atoms with Crippen molar-refractivity contribution in [2.45, 2.75) is 51.3 Å². The number of ether oxygens (including phenoxy) is 1. The Morgan fingerprint density at radius 1 is 1.00 bits per heavy atom. The summed E-state index contributed by atoms with van der Waals surface area (Å²) in [6, 6.07) is 23.7. The largest absolute Gasteiger partial charge is 0.489 e. The maximum absolute atomic E-state index is 13.1. The van der Waals surface area contributed by atoms with Gasteiger partial charge in [0.15, 0.2) is 0 Å². The topological polar surface area (TPSA) is 53.6 Å². The van der Waals surface area contributed by atoms with Crippen molar-refractivity contribution in [3.05, 3.63) is 87.2 Å². The van der Waals surface area contributed by atoms with Gasteiger partial charge in [-0.1, -0.05) is 48.0 Å². The van der Waals surface area contributed by atoms with Gasteiger partial charge in [-0.15, -0.1) is 11.3 Å². The van der Waals surface area contributed by atoms with Crippen molar-refractivity contribution in [3.63, 3.8) is 0 Å². The van der Waals surface area contributed by atoms with Crippen LogP contribution in [-0.4, -0.2) is 49.1 Å². The number of nitrogens with one attached hydrogen (secondary N) is 2. The first-order valence-corrected chi connectivity index (χ1v) is 15.9. The Morgan fingerprint density at radius 3 is 2.58 bits per heavy atom. The second kappa shape index (κ2) is 12.4. The van der Waals surface area contributed by atoms with Gasteiger partial charge >= 0.3 is 0 Å². The van der Waals surface area contributed by atoms with Crippen LogP contribution in [-0.2, 0) is 6.54 Å². The predicted molar refractivity (Wildman–Crippen MR) is 168 cm³/mol. The van der Waals surface area contributed by atoms with Gasteiger partial charge in [0.1, 0.15) is 11.9 Å². The summed E-state index contributed by atoms with van der Waals surface area (Å²) in [6.07, 6.45) is 4.33. The second-order valence-electron chi connectivity index (χ2n) is 11.1. The highest BCUT2D eigenvalue weighted by Crippen LogP contribution is 2.32. The van der Waals surface area contributed by atoms with Gasteiger partial charge < -0.3 is 15.4 Å². The highest BCUT2D eigenvalue weighted by molar-refractivity contribution is 9.10. The van der Waals surface area contributed by atoms with Crippen LogP contribution >= 0.6 is 27.3 Å². The Bertz CT molecular complexity index is 1490. The van der Waals surface area contributed by atoms with Gasteiger partial charge in [0.25, 0.3) is 5.91 Å². The number of amides is 1. The third-order valence-corrected chi connectivity index (χ3v) is 9.72. The van der Waals surface area contributed by atoms with E-state index in [1.54, 1.807) is 11.3 Å². The molecule has 2 aliphatic heterocycles. The zero-order valence-electron chi connectivity index (χ0n) is 22.9. The highest BCUT2D eigenvalue weighted by atomic mass is 79.9. The molecular weight excluding hydrogens is 582 g/mol. The van der Waals surface area contributed by atoms with Gasteiger partial charge in [0, 0.05) is 30.4 Å². The number of hydrogen-bond acceptors (Lipinski definition) is 5. The summed E-state index contributed by atoms with van der Waals surface area (Å²) in [6.45, 7) is 7.02. The van der Waals surface area contributed by atoms with Crippen LogP contribution in [0.4, 0.5) is 0 Å². The fourth-order valence-corrected chi connectivity index (χ4v) is 7.25. The van der Waals surface area contributed by atoms with E-state index in [0.717, 1.165) is 83.6 Å². The molecule has 7 heteroatoms.